The van der Waals surface area contributed by atoms with Crippen molar-refractivity contribution in [1.29, 1.82) is 5.26 Å². The molecule has 0 bridgehead atoms. The molecule has 1 N–H and O–H groups in total. The Bertz CT molecular complexity index is 1350. The summed E-state index contributed by atoms with van der Waals surface area (Å²) in [6, 6.07) is 13.2. The topological polar surface area (TPSA) is 102 Å². The Morgan fingerprint density at radius 1 is 0.943 bits per heavy atom. The number of piperazine rings is 1. The van der Waals surface area contributed by atoms with Crippen molar-refractivity contribution in [2.45, 2.75) is 11.1 Å². The lowest BCUT2D eigenvalue weighted by Gasteiger charge is -2.34. The Morgan fingerprint density at radius 3 is 2.14 bits per heavy atom. The molecule has 182 valence electrons. The average molecular weight is 506 g/mol. The molecule has 1 aliphatic heterocycles. The number of anilines is 3. The Labute approximate surface area is 198 Å². The first kappa shape index (κ1) is 24.4. The Balaban J connectivity index is 1.54. The zero-order chi connectivity index (χ0) is 25.2. The molecule has 0 amide bonds. The molecule has 0 unspecified atom stereocenters. The van der Waals surface area contributed by atoms with Gasteiger partial charge in [0.15, 0.2) is 5.69 Å². The van der Waals surface area contributed by atoms with Crippen LogP contribution in [0, 0.1) is 17.1 Å². The van der Waals surface area contributed by atoms with E-state index in [1.165, 1.54) is 33.5 Å². The molecule has 35 heavy (non-hydrogen) atoms. The fourth-order valence-electron chi connectivity index (χ4n) is 3.45. The van der Waals surface area contributed by atoms with E-state index in [0.717, 1.165) is 30.3 Å². The van der Waals surface area contributed by atoms with Gasteiger partial charge in [-0.2, -0.15) is 27.7 Å². The molecule has 1 saturated heterocycles. The predicted octanol–water partition coefficient (Wildman–Crippen LogP) is 3.76. The summed E-state index contributed by atoms with van der Waals surface area (Å²) in [5.74, 6) is -0.871. The van der Waals surface area contributed by atoms with Crippen LogP contribution in [0.25, 0.3) is 0 Å². The molecule has 1 aliphatic rings. The summed E-state index contributed by atoms with van der Waals surface area (Å²) in [6.45, 7) is 0.0749. The maximum atomic E-state index is 13.5. The minimum absolute atomic E-state index is 0.0162. The first-order valence-corrected chi connectivity index (χ1v) is 11.7. The quantitative estimate of drug-likeness (QED) is 0.526. The minimum Gasteiger partial charge on any atom is -0.340 e. The van der Waals surface area contributed by atoms with Crippen LogP contribution in [0.3, 0.4) is 0 Å². The first-order valence-electron chi connectivity index (χ1n) is 10.3. The summed E-state index contributed by atoms with van der Waals surface area (Å²) in [6.07, 6.45) is -4.73. The molecule has 0 atom stereocenters. The number of nitrogens with one attached hydrogen (secondary N) is 1. The summed E-state index contributed by atoms with van der Waals surface area (Å²) in [7, 11) is -3.89. The van der Waals surface area contributed by atoms with Gasteiger partial charge in [-0.25, -0.2) is 17.8 Å². The van der Waals surface area contributed by atoms with Gasteiger partial charge in [-0.15, -0.1) is 0 Å². The van der Waals surface area contributed by atoms with Crippen LogP contribution < -0.4 is 10.2 Å². The molecular weight excluding hydrogens is 488 g/mol. The lowest BCUT2D eigenvalue weighted by atomic mass is 10.2. The number of nitrogens with zero attached hydrogens (tertiary/aromatic N) is 5. The van der Waals surface area contributed by atoms with E-state index in [-0.39, 0.29) is 42.8 Å². The van der Waals surface area contributed by atoms with Gasteiger partial charge >= 0.3 is 6.18 Å². The molecule has 0 saturated carbocycles. The molecule has 8 nitrogen and oxygen atoms in total. The Morgan fingerprint density at radius 2 is 1.57 bits per heavy atom. The van der Waals surface area contributed by atoms with Crippen molar-refractivity contribution in [3.8, 4) is 6.07 Å². The number of hydrogen-bond acceptors (Lipinski definition) is 7. The summed E-state index contributed by atoms with van der Waals surface area (Å²) in [5.41, 5.74) is -0.333. The van der Waals surface area contributed by atoms with Crippen LogP contribution in [-0.2, 0) is 16.2 Å². The average Bonchev–Trinajstić information content (AvgIpc) is 2.84. The van der Waals surface area contributed by atoms with E-state index in [1.807, 2.05) is 6.07 Å². The zero-order valence-corrected chi connectivity index (χ0v) is 18.8. The third kappa shape index (κ3) is 5.50. The van der Waals surface area contributed by atoms with Gasteiger partial charge in [-0.05, 0) is 48.5 Å². The SMILES string of the molecule is N#Cc1ccc(Nc2cc(C(F)(F)F)nc(N3CCN(S(=O)(=O)c4ccc(F)cc4)CC3)n2)cc1. The molecule has 1 aromatic heterocycles. The second kappa shape index (κ2) is 9.47. The Hall–Kier alpha value is -3.76. The van der Waals surface area contributed by atoms with Gasteiger partial charge in [0.25, 0.3) is 0 Å². The van der Waals surface area contributed by atoms with Crippen molar-refractivity contribution in [2.75, 3.05) is 36.4 Å². The van der Waals surface area contributed by atoms with Crippen LogP contribution >= 0.6 is 0 Å². The number of aromatic nitrogens is 2. The van der Waals surface area contributed by atoms with Crippen LogP contribution in [0.15, 0.2) is 59.5 Å². The van der Waals surface area contributed by atoms with Crippen LogP contribution in [-0.4, -0.2) is 48.9 Å². The molecule has 1 fully saturated rings. The smallest absolute Gasteiger partial charge is 0.340 e. The Kier molecular flexibility index (Phi) is 6.60. The first-order chi connectivity index (χ1) is 16.6. The third-order valence-corrected chi connectivity index (χ3v) is 7.18. The predicted molar refractivity (Wildman–Crippen MR) is 119 cm³/mol. The van der Waals surface area contributed by atoms with Crippen molar-refractivity contribution in [3.05, 3.63) is 71.7 Å². The number of rotatable bonds is 5. The molecule has 2 aromatic carbocycles. The summed E-state index contributed by atoms with van der Waals surface area (Å²) in [5, 5.41) is 11.7. The van der Waals surface area contributed by atoms with E-state index in [0.29, 0.717) is 11.3 Å². The second-order valence-electron chi connectivity index (χ2n) is 7.60. The van der Waals surface area contributed by atoms with Gasteiger partial charge in [-0.1, -0.05) is 0 Å². The maximum absolute atomic E-state index is 13.5. The van der Waals surface area contributed by atoms with E-state index < -0.39 is 27.7 Å². The monoisotopic (exact) mass is 506 g/mol. The van der Waals surface area contributed by atoms with Crippen LogP contribution in [0.4, 0.5) is 35.0 Å². The fraction of sp³-hybridized carbons (Fsp3) is 0.227. The molecule has 0 aliphatic carbocycles. The summed E-state index contributed by atoms with van der Waals surface area (Å²) < 4.78 is 80.4. The number of halogens is 4. The van der Waals surface area contributed by atoms with Crippen molar-refractivity contribution in [1.82, 2.24) is 14.3 Å². The lowest BCUT2D eigenvalue weighted by Crippen LogP contribution is -2.49. The van der Waals surface area contributed by atoms with Gasteiger partial charge in [0.05, 0.1) is 16.5 Å². The number of sulfonamides is 1. The van der Waals surface area contributed by atoms with Gasteiger partial charge in [0.1, 0.15) is 11.6 Å². The molecule has 0 spiro atoms. The number of hydrogen-bond donors (Lipinski definition) is 1. The van der Waals surface area contributed by atoms with Gasteiger partial charge < -0.3 is 10.2 Å². The molecule has 13 heteroatoms. The highest BCUT2D eigenvalue weighted by atomic mass is 32.2. The van der Waals surface area contributed by atoms with Gasteiger partial charge in [0.2, 0.25) is 16.0 Å². The summed E-state index contributed by atoms with van der Waals surface area (Å²) in [4.78, 5) is 9.24. The van der Waals surface area contributed by atoms with E-state index in [2.05, 4.69) is 15.3 Å². The second-order valence-corrected chi connectivity index (χ2v) is 9.53. The highest BCUT2D eigenvalue weighted by Crippen LogP contribution is 2.31. The van der Waals surface area contributed by atoms with Crippen molar-refractivity contribution in [2.24, 2.45) is 0 Å². The molecule has 2 heterocycles. The molecule has 3 aromatic rings. The number of benzene rings is 2. The zero-order valence-electron chi connectivity index (χ0n) is 18.0. The molecular formula is C22H18F4N6O2S. The maximum Gasteiger partial charge on any atom is 0.433 e. The van der Waals surface area contributed by atoms with Crippen LogP contribution in [0.2, 0.25) is 0 Å². The van der Waals surface area contributed by atoms with E-state index in [1.54, 1.807) is 0 Å². The van der Waals surface area contributed by atoms with Crippen molar-refractivity contribution >= 4 is 27.5 Å². The van der Waals surface area contributed by atoms with Crippen molar-refractivity contribution < 1.29 is 26.0 Å². The standard InChI is InChI=1S/C22H18F4N6O2S/c23-16-3-7-18(8-4-16)35(33,34)32-11-9-31(10-12-32)21-29-19(22(24,25)26)13-20(30-21)28-17-5-1-15(14-27)2-6-17/h1-8,13H,9-12H2,(H,28,29,30). The van der Waals surface area contributed by atoms with Gasteiger partial charge in [-0.3, -0.25) is 0 Å². The third-order valence-electron chi connectivity index (χ3n) is 5.26. The van der Waals surface area contributed by atoms with Crippen molar-refractivity contribution in [3.63, 3.8) is 0 Å². The molecule has 0 radical (unpaired) electrons. The largest absolute Gasteiger partial charge is 0.433 e. The van der Waals surface area contributed by atoms with E-state index in [4.69, 9.17) is 5.26 Å². The number of nitriles is 1. The number of alkyl halides is 3. The normalized spacial score (nSPS) is 15.0. The fourth-order valence-corrected chi connectivity index (χ4v) is 4.87. The highest BCUT2D eigenvalue weighted by molar-refractivity contribution is 7.89. The summed E-state index contributed by atoms with van der Waals surface area (Å²) >= 11 is 0. The van der Waals surface area contributed by atoms with E-state index in [9.17, 15) is 26.0 Å². The highest BCUT2D eigenvalue weighted by Gasteiger charge is 2.35. The van der Waals surface area contributed by atoms with Crippen LogP contribution in [0.5, 0.6) is 0 Å². The molecule has 4 rings (SSSR count). The van der Waals surface area contributed by atoms with Crippen LogP contribution in [0.1, 0.15) is 11.3 Å². The van der Waals surface area contributed by atoms with Gasteiger partial charge in [0, 0.05) is 37.9 Å². The minimum atomic E-state index is -4.73. The van der Waals surface area contributed by atoms with E-state index >= 15 is 0 Å². The lowest BCUT2D eigenvalue weighted by molar-refractivity contribution is -0.141.